The standard InChI is InChI=1S/C22H26N2O3/c25-21(15-14-17-8-3-1-4-9-17)23-19-12-7-13-20(16-19)27-22(26)24-18-10-5-2-6-11-18/h1-6,8-11,19-20H,7,12-16H2,(H,23,25)(H,24,26)/t19-,20+/m0/s1. The van der Waals surface area contributed by atoms with Gasteiger partial charge in [-0.25, -0.2) is 4.79 Å². The van der Waals surface area contributed by atoms with Crippen LogP contribution >= 0.6 is 0 Å². The summed E-state index contributed by atoms with van der Waals surface area (Å²) in [6.07, 6.45) is 3.96. The third kappa shape index (κ3) is 6.44. The van der Waals surface area contributed by atoms with E-state index >= 15 is 0 Å². The Labute approximate surface area is 160 Å². The Bertz CT molecular complexity index is 734. The summed E-state index contributed by atoms with van der Waals surface area (Å²) in [6, 6.07) is 19.3. The van der Waals surface area contributed by atoms with Crippen LogP contribution in [0, 0.1) is 0 Å². The zero-order valence-electron chi connectivity index (χ0n) is 15.4. The average molecular weight is 366 g/mol. The van der Waals surface area contributed by atoms with Gasteiger partial charge in [0.05, 0.1) is 0 Å². The highest BCUT2D eigenvalue weighted by Crippen LogP contribution is 2.22. The molecule has 0 spiro atoms. The van der Waals surface area contributed by atoms with Crippen molar-refractivity contribution in [2.75, 3.05) is 5.32 Å². The first-order valence-electron chi connectivity index (χ1n) is 9.55. The Morgan fingerprint density at radius 3 is 2.41 bits per heavy atom. The Balaban J connectivity index is 1.40. The molecular weight excluding hydrogens is 340 g/mol. The van der Waals surface area contributed by atoms with E-state index in [0.29, 0.717) is 18.5 Å². The summed E-state index contributed by atoms with van der Waals surface area (Å²) in [5, 5.41) is 5.83. The van der Waals surface area contributed by atoms with Crippen LogP contribution in [0.3, 0.4) is 0 Å². The van der Waals surface area contributed by atoms with E-state index < -0.39 is 6.09 Å². The lowest BCUT2D eigenvalue weighted by Gasteiger charge is -2.29. The van der Waals surface area contributed by atoms with Gasteiger partial charge < -0.3 is 10.1 Å². The van der Waals surface area contributed by atoms with E-state index in [9.17, 15) is 9.59 Å². The second-order valence-corrected chi connectivity index (χ2v) is 6.93. The first-order chi connectivity index (χ1) is 13.2. The van der Waals surface area contributed by atoms with Gasteiger partial charge in [0, 0.05) is 24.6 Å². The van der Waals surface area contributed by atoms with Gasteiger partial charge in [-0.3, -0.25) is 10.1 Å². The van der Waals surface area contributed by atoms with Crippen LogP contribution in [-0.4, -0.2) is 24.1 Å². The fraction of sp³-hybridized carbons (Fsp3) is 0.364. The summed E-state index contributed by atoms with van der Waals surface area (Å²) in [6.45, 7) is 0. The molecule has 1 fully saturated rings. The van der Waals surface area contributed by atoms with Gasteiger partial charge in [0.25, 0.3) is 0 Å². The SMILES string of the molecule is O=C(CCc1ccccc1)N[C@H]1CCC[C@@H](OC(=O)Nc2ccccc2)C1. The van der Waals surface area contributed by atoms with Crippen molar-refractivity contribution >= 4 is 17.7 Å². The molecule has 2 N–H and O–H groups in total. The van der Waals surface area contributed by atoms with Crippen molar-refractivity contribution in [3.05, 3.63) is 66.2 Å². The maximum absolute atomic E-state index is 12.2. The number of carbonyl (C=O) groups is 2. The quantitative estimate of drug-likeness (QED) is 0.801. The lowest BCUT2D eigenvalue weighted by atomic mass is 9.92. The number of rotatable bonds is 6. The maximum atomic E-state index is 12.2. The first-order valence-corrected chi connectivity index (χ1v) is 9.55. The van der Waals surface area contributed by atoms with E-state index in [4.69, 9.17) is 4.74 Å². The second-order valence-electron chi connectivity index (χ2n) is 6.93. The first kappa shape index (κ1) is 19.0. The molecule has 142 valence electrons. The molecule has 2 atom stereocenters. The Morgan fingerprint density at radius 1 is 0.963 bits per heavy atom. The zero-order chi connectivity index (χ0) is 18.9. The fourth-order valence-electron chi connectivity index (χ4n) is 3.41. The molecule has 2 amide bonds. The van der Waals surface area contributed by atoms with Gasteiger partial charge in [-0.05, 0) is 43.4 Å². The average Bonchev–Trinajstić information content (AvgIpc) is 2.68. The summed E-state index contributed by atoms with van der Waals surface area (Å²) < 4.78 is 5.54. The molecule has 1 aliphatic rings. The Hall–Kier alpha value is -2.82. The molecule has 0 aliphatic heterocycles. The summed E-state index contributed by atoms with van der Waals surface area (Å²) in [7, 11) is 0. The van der Waals surface area contributed by atoms with E-state index in [-0.39, 0.29) is 18.1 Å². The molecular formula is C22H26N2O3. The van der Waals surface area contributed by atoms with Gasteiger partial charge in [0.1, 0.15) is 6.10 Å². The van der Waals surface area contributed by atoms with Crippen LogP contribution in [-0.2, 0) is 16.0 Å². The van der Waals surface area contributed by atoms with Crippen molar-refractivity contribution in [1.29, 1.82) is 0 Å². The number of aryl methyl sites for hydroxylation is 1. The van der Waals surface area contributed by atoms with Gasteiger partial charge in [-0.1, -0.05) is 48.5 Å². The van der Waals surface area contributed by atoms with Crippen molar-refractivity contribution in [3.63, 3.8) is 0 Å². The maximum Gasteiger partial charge on any atom is 0.411 e. The fourth-order valence-corrected chi connectivity index (χ4v) is 3.41. The Kier molecular flexibility index (Phi) is 6.85. The summed E-state index contributed by atoms with van der Waals surface area (Å²) in [4.78, 5) is 24.3. The molecule has 0 bridgehead atoms. The predicted octanol–water partition coefficient (Wildman–Crippen LogP) is 4.30. The van der Waals surface area contributed by atoms with Crippen molar-refractivity contribution in [3.8, 4) is 0 Å². The Morgan fingerprint density at radius 2 is 1.67 bits per heavy atom. The minimum absolute atomic E-state index is 0.0539. The molecule has 2 aromatic rings. The minimum Gasteiger partial charge on any atom is -0.446 e. The van der Waals surface area contributed by atoms with Crippen LogP contribution in [0.25, 0.3) is 0 Å². The molecule has 5 heteroatoms. The number of hydrogen-bond acceptors (Lipinski definition) is 3. The lowest BCUT2D eigenvalue weighted by Crippen LogP contribution is -2.41. The number of amides is 2. The summed E-state index contributed by atoms with van der Waals surface area (Å²) in [5.41, 5.74) is 1.87. The third-order valence-electron chi connectivity index (χ3n) is 4.77. The van der Waals surface area contributed by atoms with Crippen LogP contribution in [0.15, 0.2) is 60.7 Å². The van der Waals surface area contributed by atoms with Crippen LogP contribution in [0.1, 0.15) is 37.7 Å². The van der Waals surface area contributed by atoms with Crippen molar-refractivity contribution in [1.82, 2.24) is 5.32 Å². The molecule has 1 aliphatic carbocycles. The van der Waals surface area contributed by atoms with Gasteiger partial charge >= 0.3 is 6.09 Å². The van der Waals surface area contributed by atoms with Gasteiger partial charge in [0.15, 0.2) is 0 Å². The van der Waals surface area contributed by atoms with E-state index in [1.807, 2.05) is 60.7 Å². The molecule has 0 heterocycles. The van der Waals surface area contributed by atoms with Crippen molar-refractivity contribution in [2.24, 2.45) is 0 Å². The largest absolute Gasteiger partial charge is 0.446 e. The van der Waals surface area contributed by atoms with Gasteiger partial charge in [-0.2, -0.15) is 0 Å². The van der Waals surface area contributed by atoms with Crippen LogP contribution in [0.5, 0.6) is 0 Å². The van der Waals surface area contributed by atoms with Crippen LogP contribution < -0.4 is 10.6 Å². The van der Waals surface area contributed by atoms with E-state index in [1.165, 1.54) is 0 Å². The van der Waals surface area contributed by atoms with Crippen LogP contribution in [0.4, 0.5) is 10.5 Å². The molecule has 1 saturated carbocycles. The smallest absolute Gasteiger partial charge is 0.411 e. The monoisotopic (exact) mass is 366 g/mol. The van der Waals surface area contributed by atoms with E-state index in [0.717, 1.165) is 31.2 Å². The van der Waals surface area contributed by atoms with Crippen molar-refractivity contribution in [2.45, 2.75) is 50.7 Å². The van der Waals surface area contributed by atoms with E-state index in [1.54, 1.807) is 0 Å². The molecule has 0 radical (unpaired) electrons. The molecule has 27 heavy (non-hydrogen) atoms. The minimum atomic E-state index is -0.442. The normalized spacial score (nSPS) is 19.1. The number of para-hydroxylation sites is 1. The van der Waals surface area contributed by atoms with Crippen LogP contribution in [0.2, 0.25) is 0 Å². The zero-order valence-corrected chi connectivity index (χ0v) is 15.4. The molecule has 3 rings (SSSR count). The number of ether oxygens (including phenoxy) is 1. The molecule has 2 aromatic carbocycles. The number of anilines is 1. The highest BCUT2D eigenvalue weighted by molar-refractivity contribution is 5.84. The predicted molar refractivity (Wildman–Crippen MR) is 105 cm³/mol. The molecule has 0 unspecified atom stereocenters. The second kappa shape index (κ2) is 9.76. The molecule has 0 aromatic heterocycles. The number of hydrogen-bond donors (Lipinski definition) is 2. The van der Waals surface area contributed by atoms with E-state index in [2.05, 4.69) is 10.6 Å². The summed E-state index contributed by atoms with van der Waals surface area (Å²) in [5.74, 6) is 0.0539. The van der Waals surface area contributed by atoms with Crippen molar-refractivity contribution < 1.29 is 14.3 Å². The highest BCUT2D eigenvalue weighted by atomic mass is 16.6. The number of nitrogens with one attached hydrogen (secondary N) is 2. The summed E-state index contributed by atoms with van der Waals surface area (Å²) >= 11 is 0. The number of carbonyl (C=O) groups excluding carboxylic acids is 2. The molecule has 0 saturated heterocycles. The highest BCUT2D eigenvalue weighted by Gasteiger charge is 2.26. The molecule has 5 nitrogen and oxygen atoms in total. The topological polar surface area (TPSA) is 67.4 Å². The van der Waals surface area contributed by atoms with Gasteiger partial charge in [0.2, 0.25) is 5.91 Å². The lowest BCUT2D eigenvalue weighted by molar-refractivity contribution is -0.122. The third-order valence-corrected chi connectivity index (χ3v) is 4.77. The van der Waals surface area contributed by atoms with Gasteiger partial charge in [-0.15, -0.1) is 0 Å². The number of benzene rings is 2.